The number of hydrogen-bond acceptors (Lipinski definition) is 15. The zero-order valence-corrected chi connectivity index (χ0v) is 44.6. The van der Waals surface area contributed by atoms with Crippen LogP contribution in [0.5, 0.6) is 11.5 Å². The van der Waals surface area contributed by atoms with Gasteiger partial charge < -0.3 is 41.7 Å². The summed E-state index contributed by atoms with van der Waals surface area (Å²) in [6, 6.07) is 22.0. The smallest absolute Gasteiger partial charge is 0.333 e. The highest BCUT2D eigenvalue weighted by Crippen LogP contribution is 2.49. The van der Waals surface area contributed by atoms with E-state index in [1.807, 2.05) is 60.7 Å². The zero-order chi connectivity index (χ0) is 51.8. The second-order valence-corrected chi connectivity index (χ2v) is 28.0. The van der Waals surface area contributed by atoms with Crippen molar-refractivity contribution in [1.29, 1.82) is 0 Å². The van der Waals surface area contributed by atoms with Crippen LogP contribution in [0.1, 0.15) is 79.4 Å². The Morgan fingerprint density at radius 2 is 1.35 bits per heavy atom. The standard InChI is InChI=1S/C50H63N4O15PSSi/c1-31-26-53(47(57)51-45(31)55)43-24-39-41(66-43)28-63-50(34-13-17-37(61-6)18-14-34,35-15-19-38(62-7)20-16-35)36-12-10-11-33(23-36)30-71(59,60)22-21-64-70(68-39)65-29-42-40(69-72(8,9)49(3,4)5)25-44(67-42)54-27-32(2)46(56)52-48(54)58/h10-20,23,26-27,39-44H,21-22,24-25,28-30H2,1-9H3,(H,51,55,57)(H,52,56,58)/t39-,40-,41+,42+,43+,44+,70?/m0/s1. The topological polar surface area (TPSA) is 227 Å². The lowest BCUT2D eigenvalue weighted by Gasteiger charge is -2.39. The SMILES string of the molecule is COc1ccc(C2(c3ccc(OC)cc3)OC[C@H]3O[C@@H](n4cc(C)c(=O)[nH]c4=O)C[C@@H]3OP(OC[C@H]3O[C@@H](n4cc(C)c(=O)[nH]c4=O)C[C@@H]3O[Si](C)(C)C(C)(C)C)OCCS(=O)(=O)Cc3cccc2c3)cc1. The molecule has 19 nitrogen and oxygen atoms in total. The van der Waals surface area contributed by atoms with Crippen LogP contribution in [0.4, 0.5) is 0 Å². The number of sulfone groups is 1. The van der Waals surface area contributed by atoms with E-state index in [1.54, 1.807) is 40.2 Å². The fourth-order valence-electron chi connectivity index (χ4n) is 8.83. The van der Waals surface area contributed by atoms with Crippen LogP contribution in [-0.2, 0) is 53.4 Å². The number of ether oxygens (including phenoxy) is 5. The molecule has 3 aliphatic heterocycles. The molecule has 22 heteroatoms. The van der Waals surface area contributed by atoms with Crippen molar-refractivity contribution in [1.82, 2.24) is 19.1 Å². The Morgan fingerprint density at radius 3 is 1.90 bits per heavy atom. The van der Waals surface area contributed by atoms with Gasteiger partial charge in [-0.15, -0.1) is 0 Å². The first-order chi connectivity index (χ1) is 34.1. The number of benzene rings is 3. The number of nitrogens with one attached hydrogen (secondary N) is 2. The molecule has 2 bridgehead atoms. The summed E-state index contributed by atoms with van der Waals surface area (Å²) in [5.41, 5.74) is -0.727. The number of aryl methyl sites for hydroxylation is 2. The fraction of sp³-hybridized carbons (Fsp3) is 0.480. The molecule has 2 saturated heterocycles. The Hall–Kier alpha value is -5.06. The van der Waals surface area contributed by atoms with Crippen molar-refractivity contribution in [2.45, 2.75) is 114 Å². The maximum absolute atomic E-state index is 14.0. The van der Waals surface area contributed by atoms with Gasteiger partial charge in [-0.25, -0.2) is 18.0 Å². The fourth-order valence-corrected chi connectivity index (χ4v) is 12.6. The quantitative estimate of drug-likeness (QED) is 0.110. The maximum Gasteiger partial charge on any atom is 0.333 e. The number of hydrogen-bond donors (Lipinski definition) is 2. The van der Waals surface area contributed by atoms with Crippen LogP contribution < -0.4 is 32.0 Å². The Kier molecular flexibility index (Phi) is 15.8. The summed E-state index contributed by atoms with van der Waals surface area (Å²) in [5, 5.41) is -0.199. The van der Waals surface area contributed by atoms with Crippen LogP contribution in [0, 0.1) is 13.8 Å². The van der Waals surface area contributed by atoms with E-state index < -0.39 is 97.5 Å². The maximum atomic E-state index is 14.0. The molecule has 72 heavy (non-hydrogen) atoms. The highest BCUT2D eigenvalue weighted by molar-refractivity contribution is 7.90. The molecule has 388 valence electrons. The van der Waals surface area contributed by atoms with E-state index in [4.69, 9.17) is 41.7 Å². The summed E-state index contributed by atoms with van der Waals surface area (Å²) in [7, 11) is -5.59. The van der Waals surface area contributed by atoms with Gasteiger partial charge in [-0.3, -0.25) is 28.7 Å². The van der Waals surface area contributed by atoms with E-state index in [1.165, 1.54) is 21.5 Å². The zero-order valence-electron chi connectivity index (χ0n) is 41.9. The van der Waals surface area contributed by atoms with Crippen LogP contribution >= 0.6 is 8.60 Å². The predicted octanol–water partition coefficient (Wildman–Crippen LogP) is 6.27. The molecular weight excluding hydrogens is 988 g/mol. The first-order valence-electron chi connectivity index (χ1n) is 23.7. The molecule has 0 radical (unpaired) electrons. The highest BCUT2D eigenvalue weighted by atomic mass is 32.2. The number of methoxy groups -OCH3 is 2. The third-order valence-electron chi connectivity index (χ3n) is 13.9. The van der Waals surface area contributed by atoms with Gasteiger partial charge in [0.05, 0.1) is 57.8 Å². The molecule has 1 unspecified atom stereocenters. The Balaban J connectivity index is 1.19. The average Bonchev–Trinajstić information content (AvgIpc) is 3.92. The number of fused-ring (bicyclic) bond motifs is 3. The van der Waals surface area contributed by atoms with E-state index in [2.05, 4.69) is 43.8 Å². The molecule has 2 N–H and O–H groups in total. The Labute approximate surface area is 419 Å². The van der Waals surface area contributed by atoms with E-state index in [-0.39, 0.29) is 49.0 Å². The third kappa shape index (κ3) is 11.5. The van der Waals surface area contributed by atoms with Gasteiger partial charge in [0.25, 0.3) is 11.1 Å². The third-order valence-corrected chi connectivity index (χ3v) is 21.1. The minimum atomic E-state index is -3.83. The Bertz CT molecular complexity index is 3030. The second kappa shape index (κ2) is 21.4. The minimum absolute atomic E-state index is 0.0460. The molecule has 8 rings (SSSR count). The molecule has 0 amide bonds. The van der Waals surface area contributed by atoms with Gasteiger partial charge >= 0.3 is 20.0 Å². The highest BCUT2D eigenvalue weighted by Gasteiger charge is 2.48. The summed E-state index contributed by atoms with van der Waals surface area (Å²) < 4.78 is 88.8. The molecule has 0 spiro atoms. The number of rotatable bonds is 11. The van der Waals surface area contributed by atoms with Gasteiger partial charge in [0.15, 0.2) is 18.2 Å². The normalized spacial score (nSPS) is 24.7. The van der Waals surface area contributed by atoms with Crippen molar-refractivity contribution in [3.05, 3.63) is 160 Å². The lowest BCUT2D eigenvalue weighted by atomic mass is 9.79. The summed E-state index contributed by atoms with van der Waals surface area (Å²) in [6.07, 6.45) is -1.84. The predicted molar refractivity (Wildman–Crippen MR) is 271 cm³/mol. The molecule has 2 aromatic heterocycles. The lowest BCUT2D eigenvalue weighted by molar-refractivity contribution is -0.0939. The minimum Gasteiger partial charge on any atom is -0.497 e. The largest absolute Gasteiger partial charge is 0.497 e. The molecule has 0 aliphatic carbocycles. The van der Waals surface area contributed by atoms with Crippen molar-refractivity contribution in [2.24, 2.45) is 0 Å². The molecule has 7 atom stereocenters. The first-order valence-corrected chi connectivity index (χ1v) is 29.5. The van der Waals surface area contributed by atoms with Crippen molar-refractivity contribution >= 4 is 26.8 Å². The summed E-state index contributed by atoms with van der Waals surface area (Å²) in [5.74, 6) is 0.488. The molecule has 0 saturated carbocycles. The van der Waals surface area contributed by atoms with Crippen LogP contribution in [-0.4, -0.2) is 100 Å². The van der Waals surface area contributed by atoms with E-state index in [0.29, 0.717) is 39.3 Å². The van der Waals surface area contributed by atoms with Crippen LogP contribution in [0.15, 0.2) is 104 Å². The number of aromatic amines is 2. The number of aromatic nitrogens is 4. The number of H-pyrrole nitrogens is 2. The summed E-state index contributed by atoms with van der Waals surface area (Å²) in [4.78, 5) is 56.2. The van der Waals surface area contributed by atoms with Gasteiger partial charge in [0, 0.05) is 36.4 Å². The van der Waals surface area contributed by atoms with Gasteiger partial charge in [-0.1, -0.05) is 69.3 Å². The van der Waals surface area contributed by atoms with Crippen molar-refractivity contribution in [3.8, 4) is 11.5 Å². The van der Waals surface area contributed by atoms with Crippen LogP contribution in [0.3, 0.4) is 0 Å². The van der Waals surface area contributed by atoms with Gasteiger partial charge in [-0.2, -0.15) is 0 Å². The second-order valence-electron chi connectivity index (χ2n) is 19.8. The van der Waals surface area contributed by atoms with E-state index in [0.717, 1.165) is 0 Å². The average molecular weight is 1050 g/mol. The summed E-state index contributed by atoms with van der Waals surface area (Å²) in [6.45, 7) is 13.1. The number of nitrogens with zero attached hydrogens (tertiary/aromatic N) is 2. The van der Waals surface area contributed by atoms with Crippen molar-refractivity contribution in [2.75, 3.05) is 39.8 Å². The molecule has 5 heterocycles. The van der Waals surface area contributed by atoms with E-state index in [9.17, 15) is 27.6 Å². The molecule has 3 aliphatic rings. The lowest BCUT2D eigenvalue weighted by Crippen LogP contribution is -2.46. The monoisotopic (exact) mass is 1050 g/mol. The molecule has 5 aromatic rings. The molecular formula is C50H63N4O15PSSi. The van der Waals surface area contributed by atoms with Gasteiger partial charge in [-0.05, 0) is 78.5 Å². The van der Waals surface area contributed by atoms with Crippen molar-refractivity contribution in [3.63, 3.8) is 0 Å². The van der Waals surface area contributed by atoms with Crippen molar-refractivity contribution < 1.29 is 50.1 Å². The van der Waals surface area contributed by atoms with Crippen LogP contribution in [0.25, 0.3) is 0 Å². The first kappa shape index (κ1) is 53.2. The Morgan fingerprint density at radius 1 is 0.778 bits per heavy atom. The van der Waals surface area contributed by atoms with E-state index >= 15 is 0 Å². The summed E-state index contributed by atoms with van der Waals surface area (Å²) >= 11 is 0. The molecule has 2 fully saturated rings. The van der Waals surface area contributed by atoms with Gasteiger partial charge in [0.2, 0.25) is 0 Å². The van der Waals surface area contributed by atoms with Crippen LogP contribution in [0.2, 0.25) is 18.1 Å². The van der Waals surface area contributed by atoms with Gasteiger partial charge in [0.1, 0.15) is 41.8 Å². The molecule has 3 aromatic carbocycles.